The second kappa shape index (κ2) is 7.24. The highest BCUT2D eigenvalue weighted by molar-refractivity contribution is 5.01. The van der Waals surface area contributed by atoms with Crippen LogP contribution < -0.4 is 5.32 Å². The van der Waals surface area contributed by atoms with Gasteiger partial charge in [-0.2, -0.15) is 0 Å². The van der Waals surface area contributed by atoms with E-state index in [9.17, 15) is 0 Å². The molecule has 2 aliphatic rings. The van der Waals surface area contributed by atoms with E-state index < -0.39 is 0 Å². The second-order valence-corrected chi connectivity index (χ2v) is 7.23. The van der Waals surface area contributed by atoms with Gasteiger partial charge in [-0.15, -0.1) is 0 Å². The van der Waals surface area contributed by atoms with Crippen LogP contribution in [0.25, 0.3) is 0 Å². The molecule has 0 aromatic carbocycles. The van der Waals surface area contributed by atoms with Crippen LogP contribution in [0.1, 0.15) is 58.3 Å². The Bertz CT molecular complexity index is 279. The summed E-state index contributed by atoms with van der Waals surface area (Å²) in [7, 11) is 6.68. The highest BCUT2D eigenvalue weighted by atomic mass is 16.5. The van der Waals surface area contributed by atoms with Crippen molar-refractivity contribution in [3.8, 4) is 0 Å². The minimum Gasteiger partial charge on any atom is -0.378 e. The van der Waals surface area contributed by atoms with E-state index in [-0.39, 0.29) is 0 Å². The van der Waals surface area contributed by atoms with Gasteiger partial charge in [0.2, 0.25) is 0 Å². The zero-order valence-corrected chi connectivity index (χ0v) is 14.0. The van der Waals surface area contributed by atoms with Crippen molar-refractivity contribution in [3.63, 3.8) is 0 Å². The van der Waals surface area contributed by atoms with Crippen molar-refractivity contribution < 1.29 is 4.74 Å². The Hall–Kier alpha value is -0.120. The number of hydrogen-bond donors (Lipinski definition) is 1. The fraction of sp³-hybridized carbons (Fsp3) is 1.00. The molecule has 2 rings (SSSR count). The first-order valence-electron chi connectivity index (χ1n) is 8.55. The topological polar surface area (TPSA) is 24.5 Å². The molecule has 0 amide bonds. The standard InChI is InChI=1S/C17H34N2O/c1-14-9-11-17(12-10-14,19(3)4)16(18-2)8-7-15-6-5-13-20-15/h14-16,18H,5-13H2,1-4H3. The van der Waals surface area contributed by atoms with E-state index in [1.807, 2.05) is 0 Å². The summed E-state index contributed by atoms with van der Waals surface area (Å²) in [6.45, 7) is 3.38. The quantitative estimate of drug-likeness (QED) is 0.810. The summed E-state index contributed by atoms with van der Waals surface area (Å²) in [6, 6.07) is 0.592. The molecule has 2 unspecified atom stereocenters. The van der Waals surface area contributed by atoms with Crippen molar-refractivity contribution in [2.75, 3.05) is 27.7 Å². The molecule has 0 aromatic rings. The van der Waals surface area contributed by atoms with Gasteiger partial charge in [0.1, 0.15) is 0 Å². The first kappa shape index (κ1) is 16.3. The third-order valence-corrected chi connectivity index (χ3v) is 5.83. The van der Waals surface area contributed by atoms with Gasteiger partial charge in [0.25, 0.3) is 0 Å². The molecule has 2 fully saturated rings. The summed E-state index contributed by atoms with van der Waals surface area (Å²) >= 11 is 0. The number of nitrogens with zero attached hydrogens (tertiary/aromatic N) is 1. The molecular weight excluding hydrogens is 248 g/mol. The third-order valence-electron chi connectivity index (χ3n) is 5.83. The van der Waals surface area contributed by atoms with E-state index in [2.05, 4.69) is 38.3 Å². The number of ether oxygens (including phenoxy) is 1. The number of rotatable bonds is 6. The van der Waals surface area contributed by atoms with Crippen LogP contribution in [-0.4, -0.2) is 50.3 Å². The summed E-state index contributed by atoms with van der Waals surface area (Å²) < 4.78 is 5.80. The summed E-state index contributed by atoms with van der Waals surface area (Å²) in [5, 5.41) is 3.64. The highest BCUT2D eigenvalue weighted by Crippen LogP contribution is 2.39. The van der Waals surface area contributed by atoms with Gasteiger partial charge in [-0.1, -0.05) is 6.92 Å². The molecule has 0 bridgehead atoms. The molecule has 3 heteroatoms. The predicted octanol–water partition coefficient (Wildman–Crippen LogP) is 3.04. The lowest BCUT2D eigenvalue weighted by atomic mass is 9.71. The SMILES string of the molecule is CNC(CCC1CCCO1)C1(N(C)C)CCC(C)CC1. The molecule has 1 aliphatic carbocycles. The Kier molecular flexibility index (Phi) is 5.88. The van der Waals surface area contributed by atoms with Crippen molar-refractivity contribution in [1.29, 1.82) is 0 Å². The summed E-state index contributed by atoms with van der Waals surface area (Å²) in [6.07, 6.45) is 10.9. The Morgan fingerprint density at radius 2 is 1.95 bits per heavy atom. The van der Waals surface area contributed by atoms with Crippen LogP contribution in [0.5, 0.6) is 0 Å². The molecule has 1 saturated heterocycles. The first-order chi connectivity index (χ1) is 9.58. The van der Waals surface area contributed by atoms with Crippen molar-refractivity contribution in [2.24, 2.45) is 5.92 Å². The van der Waals surface area contributed by atoms with Gasteiger partial charge in [-0.25, -0.2) is 0 Å². The van der Waals surface area contributed by atoms with E-state index in [0.29, 0.717) is 17.7 Å². The normalized spacial score (nSPS) is 36.5. The van der Waals surface area contributed by atoms with Gasteiger partial charge in [0.05, 0.1) is 6.10 Å². The smallest absolute Gasteiger partial charge is 0.0576 e. The minimum absolute atomic E-state index is 0.347. The van der Waals surface area contributed by atoms with Crippen LogP contribution in [0.15, 0.2) is 0 Å². The Morgan fingerprint density at radius 1 is 1.25 bits per heavy atom. The molecule has 0 spiro atoms. The molecule has 0 aromatic heterocycles. The van der Waals surface area contributed by atoms with Crippen molar-refractivity contribution in [2.45, 2.75) is 76.0 Å². The van der Waals surface area contributed by atoms with Crippen LogP contribution in [0.2, 0.25) is 0 Å². The molecule has 1 N–H and O–H groups in total. The minimum atomic E-state index is 0.347. The maximum absolute atomic E-state index is 5.80. The molecule has 1 aliphatic heterocycles. The maximum Gasteiger partial charge on any atom is 0.0576 e. The third kappa shape index (κ3) is 3.55. The van der Waals surface area contributed by atoms with Gasteiger partial charge in [0, 0.05) is 18.2 Å². The van der Waals surface area contributed by atoms with E-state index >= 15 is 0 Å². The summed E-state index contributed by atoms with van der Waals surface area (Å²) in [5.74, 6) is 0.902. The Balaban J connectivity index is 1.97. The van der Waals surface area contributed by atoms with Crippen LogP contribution in [0.4, 0.5) is 0 Å². The number of likely N-dealkylation sites (N-methyl/N-ethyl adjacent to an activating group) is 2. The summed E-state index contributed by atoms with van der Waals surface area (Å²) in [4.78, 5) is 2.50. The molecule has 3 nitrogen and oxygen atoms in total. The van der Waals surface area contributed by atoms with Crippen LogP contribution in [0.3, 0.4) is 0 Å². The van der Waals surface area contributed by atoms with E-state index in [4.69, 9.17) is 4.74 Å². The molecular formula is C17H34N2O. The zero-order valence-electron chi connectivity index (χ0n) is 14.0. The molecule has 1 saturated carbocycles. The lowest BCUT2D eigenvalue weighted by Crippen LogP contribution is -2.60. The molecule has 20 heavy (non-hydrogen) atoms. The fourth-order valence-corrected chi connectivity index (χ4v) is 4.28. The van der Waals surface area contributed by atoms with Crippen LogP contribution >= 0.6 is 0 Å². The van der Waals surface area contributed by atoms with E-state index in [1.54, 1.807) is 0 Å². The van der Waals surface area contributed by atoms with Gasteiger partial charge in [-0.3, -0.25) is 0 Å². The van der Waals surface area contributed by atoms with Crippen molar-refractivity contribution in [3.05, 3.63) is 0 Å². The number of hydrogen-bond acceptors (Lipinski definition) is 3. The molecule has 0 radical (unpaired) electrons. The van der Waals surface area contributed by atoms with Gasteiger partial charge in [0.15, 0.2) is 0 Å². The average Bonchev–Trinajstić information content (AvgIpc) is 2.94. The fourth-order valence-electron chi connectivity index (χ4n) is 4.28. The van der Waals surface area contributed by atoms with E-state index in [1.165, 1.54) is 51.4 Å². The number of nitrogens with one attached hydrogen (secondary N) is 1. The van der Waals surface area contributed by atoms with Crippen molar-refractivity contribution >= 4 is 0 Å². The largest absolute Gasteiger partial charge is 0.378 e. The zero-order chi connectivity index (χ0) is 14.6. The van der Waals surface area contributed by atoms with Crippen molar-refractivity contribution in [1.82, 2.24) is 10.2 Å². The first-order valence-corrected chi connectivity index (χ1v) is 8.55. The lowest BCUT2D eigenvalue weighted by Gasteiger charge is -2.50. The second-order valence-electron chi connectivity index (χ2n) is 7.23. The van der Waals surface area contributed by atoms with Gasteiger partial charge in [-0.05, 0) is 78.4 Å². The van der Waals surface area contributed by atoms with Crippen LogP contribution in [-0.2, 0) is 4.74 Å². The van der Waals surface area contributed by atoms with E-state index in [0.717, 1.165) is 12.5 Å². The lowest BCUT2D eigenvalue weighted by molar-refractivity contribution is 0.0331. The molecule has 1 heterocycles. The predicted molar refractivity (Wildman–Crippen MR) is 85.1 cm³/mol. The molecule has 118 valence electrons. The summed E-state index contributed by atoms with van der Waals surface area (Å²) in [5.41, 5.74) is 0.347. The highest BCUT2D eigenvalue weighted by Gasteiger charge is 2.42. The maximum atomic E-state index is 5.80. The van der Waals surface area contributed by atoms with Gasteiger partial charge < -0.3 is 15.0 Å². The Labute approximate surface area is 125 Å². The molecule has 2 atom stereocenters. The van der Waals surface area contributed by atoms with Gasteiger partial charge >= 0.3 is 0 Å². The van der Waals surface area contributed by atoms with Crippen LogP contribution in [0, 0.1) is 5.92 Å². The monoisotopic (exact) mass is 282 g/mol. The average molecular weight is 282 g/mol. The Morgan fingerprint density at radius 3 is 2.45 bits per heavy atom.